The molecule has 1 amide bonds. The Hall–Kier alpha value is -1.75. The smallest absolute Gasteiger partial charge is 0.335 e. The summed E-state index contributed by atoms with van der Waals surface area (Å²) >= 11 is 5.81. The SMILES string of the molecule is O=NC(=O)c1cc2c(cn1)=CC(Cl)NC=2. The van der Waals surface area contributed by atoms with Gasteiger partial charge < -0.3 is 5.32 Å². The highest BCUT2D eigenvalue weighted by Gasteiger charge is 2.08. The van der Waals surface area contributed by atoms with Crippen molar-refractivity contribution in [3.8, 4) is 0 Å². The van der Waals surface area contributed by atoms with Crippen LogP contribution in [0.4, 0.5) is 0 Å². The minimum atomic E-state index is -0.876. The van der Waals surface area contributed by atoms with E-state index in [1.165, 1.54) is 12.3 Å². The number of nitrogens with zero attached hydrogens (tertiary/aromatic N) is 2. The van der Waals surface area contributed by atoms with Crippen molar-refractivity contribution >= 4 is 29.8 Å². The number of hydrogen-bond acceptors (Lipinski definition) is 4. The lowest BCUT2D eigenvalue weighted by atomic mass is 10.2. The van der Waals surface area contributed by atoms with Crippen molar-refractivity contribution in [1.82, 2.24) is 10.3 Å². The summed E-state index contributed by atoms with van der Waals surface area (Å²) in [7, 11) is 0. The lowest BCUT2D eigenvalue weighted by Crippen LogP contribution is -2.37. The van der Waals surface area contributed by atoms with Gasteiger partial charge in [0.2, 0.25) is 0 Å². The Labute approximate surface area is 89.4 Å². The molecule has 2 heterocycles. The molecule has 0 aliphatic carbocycles. The number of hydrogen-bond donors (Lipinski definition) is 1. The minimum Gasteiger partial charge on any atom is -0.372 e. The van der Waals surface area contributed by atoms with Crippen molar-refractivity contribution in [2.45, 2.75) is 5.50 Å². The van der Waals surface area contributed by atoms with E-state index in [1.807, 2.05) is 0 Å². The molecule has 1 aromatic heterocycles. The van der Waals surface area contributed by atoms with Gasteiger partial charge >= 0.3 is 5.91 Å². The van der Waals surface area contributed by atoms with Gasteiger partial charge in [0.1, 0.15) is 11.2 Å². The molecule has 1 aliphatic rings. The normalized spacial score (nSPS) is 17.8. The van der Waals surface area contributed by atoms with Gasteiger partial charge in [-0.05, 0) is 12.1 Å². The molecule has 0 saturated carbocycles. The van der Waals surface area contributed by atoms with Crippen LogP contribution in [0.3, 0.4) is 0 Å². The van der Waals surface area contributed by atoms with E-state index in [2.05, 4.69) is 15.5 Å². The van der Waals surface area contributed by atoms with Crippen LogP contribution in [0.5, 0.6) is 0 Å². The third-order valence-corrected chi connectivity index (χ3v) is 2.25. The van der Waals surface area contributed by atoms with Crippen molar-refractivity contribution in [1.29, 1.82) is 0 Å². The van der Waals surface area contributed by atoms with Gasteiger partial charge in [-0.25, -0.2) is 0 Å². The molecule has 0 spiro atoms. The molecule has 1 atom stereocenters. The van der Waals surface area contributed by atoms with Gasteiger partial charge in [-0.2, -0.15) is 0 Å². The number of aromatic nitrogens is 1. The van der Waals surface area contributed by atoms with Crippen LogP contribution in [-0.2, 0) is 0 Å². The molecule has 6 heteroatoms. The Bertz CT molecular complexity index is 541. The first-order valence-corrected chi connectivity index (χ1v) is 4.60. The average molecular weight is 224 g/mol. The van der Waals surface area contributed by atoms with E-state index in [9.17, 15) is 9.70 Å². The maximum atomic E-state index is 11.0. The third kappa shape index (κ3) is 1.87. The highest BCUT2D eigenvalue weighted by atomic mass is 35.5. The topological polar surface area (TPSA) is 71.4 Å². The highest BCUT2D eigenvalue weighted by Crippen LogP contribution is 1.95. The number of nitroso groups, excluding NO2 is 1. The van der Waals surface area contributed by atoms with E-state index in [1.54, 1.807) is 12.3 Å². The van der Waals surface area contributed by atoms with Gasteiger partial charge in [-0.1, -0.05) is 11.6 Å². The average Bonchev–Trinajstić information content (AvgIpc) is 2.27. The fraction of sp³-hybridized carbons (Fsp3) is 0.111. The molecule has 5 nitrogen and oxygen atoms in total. The van der Waals surface area contributed by atoms with Gasteiger partial charge in [0, 0.05) is 28.0 Å². The van der Waals surface area contributed by atoms with Crippen molar-refractivity contribution < 1.29 is 4.79 Å². The van der Waals surface area contributed by atoms with Crippen LogP contribution >= 0.6 is 11.6 Å². The molecule has 0 bridgehead atoms. The van der Waals surface area contributed by atoms with E-state index >= 15 is 0 Å². The van der Waals surface area contributed by atoms with Crippen LogP contribution in [0.1, 0.15) is 10.5 Å². The number of carbonyl (C=O) groups excluding carboxylic acids is 1. The zero-order valence-corrected chi connectivity index (χ0v) is 8.23. The Balaban J connectivity index is 2.58. The molecule has 0 fully saturated rings. The van der Waals surface area contributed by atoms with E-state index in [0.717, 1.165) is 10.4 Å². The molecule has 1 aromatic rings. The van der Waals surface area contributed by atoms with E-state index in [-0.39, 0.29) is 11.2 Å². The van der Waals surface area contributed by atoms with Crippen LogP contribution < -0.4 is 15.8 Å². The predicted molar refractivity (Wildman–Crippen MR) is 55.3 cm³/mol. The molecule has 76 valence electrons. The van der Waals surface area contributed by atoms with Gasteiger partial charge in [-0.15, -0.1) is 4.91 Å². The number of amides is 1. The number of carbonyl (C=O) groups is 1. The maximum absolute atomic E-state index is 11.0. The second-order valence-electron chi connectivity index (χ2n) is 2.97. The van der Waals surface area contributed by atoms with Gasteiger partial charge in [0.05, 0.1) is 0 Å². The van der Waals surface area contributed by atoms with Gasteiger partial charge in [0.15, 0.2) is 0 Å². The quantitative estimate of drug-likeness (QED) is 0.402. The number of rotatable bonds is 1. The molecular weight excluding hydrogens is 218 g/mol. The second-order valence-corrected chi connectivity index (χ2v) is 3.44. The molecule has 1 unspecified atom stereocenters. The summed E-state index contributed by atoms with van der Waals surface area (Å²) < 4.78 is 0. The second kappa shape index (κ2) is 3.78. The molecule has 0 saturated heterocycles. The number of fused-ring (bicyclic) bond motifs is 1. The minimum absolute atomic E-state index is 0.0308. The van der Waals surface area contributed by atoms with Crippen molar-refractivity contribution in [2.24, 2.45) is 5.18 Å². The van der Waals surface area contributed by atoms with Crippen LogP contribution in [0, 0.1) is 4.91 Å². The first kappa shape index (κ1) is 9.79. The van der Waals surface area contributed by atoms with Crippen molar-refractivity contribution in [3.63, 3.8) is 0 Å². The lowest BCUT2D eigenvalue weighted by Gasteiger charge is -2.08. The number of nitrogens with one attached hydrogen (secondary N) is 1. The van der Waals surface area contributed by atoms with Crippen LogP contribution in [-0.4, -0.2) is 16.4 Å². The molecule has 15 heavy (non-hydrogen) atoms. The van der Waals surface area contributed by atoms with Crippen LogP contribution in [0.15, 0.2) is 17.4 Å². The summed E-state index contributed by atoms with van der Waals surface area (Å²) in [6.45, 7) is 0. The molecule has 0 aromatic carbocycles. The predicted octanol–water partition coefficient (Wildman–Crippen LogP) is -0.325. The number of pyridine rings is 1. The summed E-state index contributed by atoms with van der Waals surface area (Å²) in [6.07, 6.45) is 4.91. The van der Waals surface area contributed by atoms with E-state index in [0.29, 0.717) is 0 Å². The fourth-order valence-corrected chi connectivity index (χ4v) is 1.48. The molecule has 0 radical (unpaired) electrons. The van der Waals surface area contributed by atoms with Crippen molar-refractivity contribution in [3.05, 3.63) is 33.3 Å². The zero-order chi connectivity index (χ0) is 10.8. The summed E-state index contributed by atoms with van der Waals surface area (Å²) in [6, 6.07) is 1.49. The number of alkyl halides is 1. The van der Waals surface area contributed by atoms with Gasteiger partial charge in [-0.3, -0.25) is 9.78 Å². The standard InChI is InChI=1S/C9H6ClN3O2/c10-8-2-6-3-11-7(9(14)13-15)1-5(6)4-12-8/h1-4,8,12H. The van der Waals surface area contributed by atoms with Crippen LogP contribution in [0.25, 0.3) is 12.3 Å². The molecule has 1 N–H and O–H groups in total. The lowest BCUT2D eigenvalue weighted by molar-refractivity contribution is 0.0996. The monoisotopic (exact) mass is 223 g/mol. The third-order valence-electron chi connectivity index (χ3n) is 1.99. The Morgan fingerprint density at radius 1 is 1.53 bits per heavy atom. The van der Waals surface area contributed by atoms with Crippen molar-refractivity contribution in [2.75, 3.05) is 0 Å². The Kier molecular flexibility index (Phi) is 2.47. The molecule has 1 aliphatic heterocycles. The molecule has 2 rings (SSSR count). The Morgan fingerprint density at radius 3 is 3.07 bits per heavy atom. The summed E-state index contributed by atoms with van der Waals surface area (Å²) in [4.78, 5) is 24.8. The van der Waals surface area contributed by atoms with E-state index in [4.69, 9.17) is 11.6 Å². The van der Waals surface area contributed by atoms with Crippen LogP contribution in [0.2, 0.25) is 0 Å². The summed E-state index contributed by atoms with van der Waals surface area (Å²) in [5, 5.41) is 6.73. The first-order valence-electron chi connectivity index (χ1n) is 4.16. The highest BCUT2D eigenvalue weighted by molar-refractivity contribution is 6.23. The first-order chi connectivity index (χ1) is 7.20. The zero-order valence-electron chi connectivity index (χ0n) is 7.48. The summed E-state index contributed by atoms with van der Waals surface area (Å²) in [5.41, 5.74) is -0.256. The maximum Gasteiger partial charge on any atom is 0.335 e. The Morgan fingerprint density at radius 2 is 2.33 bits per heavy atom. The number of halogens is 1. The fourth-order valence-electron chi connectivity index (χ4n) is 1.28. The van der Waals surface area contributed by atoms with Gasteiger partial charge in [0.25, 0.3) is 0 Å². The van der Waals surface area contributed by atoms with E-state index < -0.39 is 5.91 Å². The largest absolute Gasteiger partial charge is 0.372 e. The summed E-state index contributed by atoms with van der Waals surface area (Å²) in [5.74, 6) is -0.876. The molecular formula is C9H6ClN3O2.